The first-order chi connectivity index (χ1) is 9.34. The Labute approximate surface area is 127 Å². The van der Waals surface area contributed by atoms with Gasteiger partial charge < -0.3 is 10.6 Å². The number of para-hydroxylation sites is 2. The summed E-state index contributed by atoms with van der Waals surface area (Å²) in [6.07, 6.45) is 2.43. The summed E-state index contributed by atoms with van der Waals surface area (Å²) in [5.74, 6) is 0. The molecule has 19 heavy (non-hydrogen) atoms. The Hall–Kier alpha value is -1.23. The normalized spacial score (nSPS) is 13.5. The molecule has 1 heterocycles. The number of aryl methyl sites for hydroxylation is 1. The van der Waals surface area contributed by atoms with Crippen LogP contribution in [0.1, 0.15) is 17.5 Å². The van der Waals surface area contributed by atoms with Gasteiger partial charge in [0.25, 0.3) is 0 Å². The van der Waals surface area contributed by atoms with E-state index in [1.165, 1.54) is 38.9 Å². The van der Waals surface area contributed by atoms with Gasteiger partial charge in [0.2, 0.25) is 0 Å². The summed E-state index contributed by atoms with van der Waals surface area (Å²) in [5.41, 5.74) is 5.36. The second-order valence-corrected chi connectivity index (χ2v) is 5.98. The van der Waals surface area contributed by atoms with E-state index in [4.69, 9.17) is 0 Å². The Kier molecular flexibility index (Phi) is 3.92. The molecule has 0 atom stereocenters. The second kappa shape index (κ2) is 5.82. The molecule has 0 aliphatic carbocycles. The van der Waals surface area contributed by atoms with Crippen LogP contribution in [0.3, 0.4) is 0 Å². The number of rotatable bonds is 3. The zero-order valence-electron chi connectivity index (χ0n) is 10.7. The molecule has 0 radical (unpaired) electrons. The van der Waals surface area contributed by atoms with Gasteiger partial charge in [-0.1, -0.05) is 30.3 Å². The van der Waals surface area contributed by atoms with Crippen LogP contribution in [0, 0.1) is 3.57 Å². The van der Waals surface area contributed by atoms with Crippen LogP contribution < -0.4 is 10.6 Å². The van der Waals surface area contributed by atoms with Crippen molar-refractivity contribution in [3.63, 3.8) is 0 Å². The lowest BCUT2D eigenvalue weighted by atomic mass is 9.99. The molecule has 0 spiro atoms. The molecule has 2 nitrogen and oxygen atoms in total. The topological polar surface area (TPSA) is 24.1 Å². The van der Waals surface area contributed by atoms with Gasteiger partial charge in [0.05, 0.1) is 0 Å². The van der Waals surface area contributed by atoms with Gasteiger partial charge in [-0.15, -0.1) is 0 Å². The maximum Gasteiger partial charge on any atom is 0.0478 e. The third kappa shape index (κ3) is 2.86. The third-order valence-corrected chi connectivity index (χ3v) is 4.45. The molecule has 98 valence electrons. The Balaban J connectivity index is 1.79. The van der Waals surface area contributed by atoms with Crippen LogP contribution in [0.25, 0.3) is 0 Å². The summed E-state index contributed by atoms with van der Waals surface area (Å²) in [6, 6.07) is 15.0. The van der Waals surface area contributed by atoms with Gasteiger partial charge in [-0.05, 0) is 58.7 Å². The van der Waals surface area contributed by atoms with E-state index in [1.807, 2.05) is 0 Å². The fourth-order valence-electron chi connectivity index (χ4n) is 2.52. The lowest BCUT2D eigenvalue weighted by Crippen LogP contribution is -2.15. The fraction of sp³-hybridized carbons (Fsp3) is 0.250. The SMILES string of the molecule is Ic1ccccc1NCc1cccc2c1NCCC2. The molecule has 0 saturated heterocycles. The first kappa shape index (κ1) is 12.8. The molecule has 1 aliphatic rings. The van der Waals surface area contributed by atoms with E-state index in [9.17, 15) is 0 Å². The molecule has 0 fully saturated rings. The number of hydrogen-bond donors (Lipinski definition) is 2. The monoisotopic (exact) mass is 364 g/mol. The van der Waals surface area contributed by atoms with E-state index < -0.39 is 0 Å². The Morgan fingerprint density at radius 1 is 1.11 bits per heavy atom. The highest BCUT2D eigenvalue weighted by atomic mass is 127. The minimum Gasteiger partial charge on any atom is -0.385 e. The maximum absolute atomic E-state index is 3.54. The lowest BCUT2D eigenvalue weighted by Gasteiger charge is -2.21. The Morgan fingerprint density at radius 2 is 2.00 bits per heavy atom. The van der Waals surface area contributed by atoms with Crippen LogP contribution in [-0.2, 0) is 13.0 Å². The first-order valence-corrected chi connectivity index (χ1v) is 7.75. The van der Waals surface area contributed by atoms with Gasteiger partial charge in [-0.2, -0.15) is 0 Å². The van der Waals surface area contributed by atoms with Crippen LogP contribution in [0.4, 0.5) is 11.4 Å². The first-order valence-electron chi connectivity index (χ1n) is 6.67. The summed E-state index contributed by atoms with van der Waals surface area (Å²) in [7, 11) is 0. The molecule has 0 saturated carbocycles. The Bertz CT molecular complexity index is 581. The molecule has 2 aromatic rings. The van der Waals surface area contributed by atoms with E-state index in [0.29, 0.717) is 0 Å². The highest BCUT2D eigenvalue weighted by molar-refractivity contribution is 14.1. The van der Waals surface area contributed by atoms with Crippen LogP contribution in [0.2, 0.25) is 0 Å². The van der Waals surface area contributed by atoms with Crippen LogP contribution >= 0.6 is 22.6 Å². The molecule has 0 amide bonds. The average Bonchev–Trinajstić information content (AvgIpc) is 2.46. The van der Waals surface area contributed by atoms with Gasteiger partial charge in [0, 0.05) is 28.0 Å². The number of hydrogen-bond acceptors (Lipinski definition) is 2. The van der Waals surface area contributed by atoms with Crippen molar-refractivity contribution in [2.24, 2.45) is 0 Å². The highest BCUT2D eigenvalue weighted by Crippen LogP contribution is 2.27. The van der Waals surface area contributed by atoms with Crippen molar-refractivity contribution in [3.8, 4) is 0 Å². The number of halogens is 1. The van der Waals surface area contributed by atoms with Gasteiger partial charge in [0.1, 0.15) is 0 Å². The molecule has 3 rings (SSSR count). The molecule has 0 unspecified atom stereocenters. The second-order valence-electron chi connectivity index (χ2n) is 4.81. The van der Waals surface area contributed by atoms with Crippen LogP contribution in [0.15, 0.2) is 42.5 Å². The van der Waals surface area contributed by atoms with E-state index in [2.05, 4.69) is 75.7 Å². The zero-order valence-corrected chi connectivity index (χ0v) is 12.9. The Morgan fingerprint density at radius 3 is 2.89 bits per heavy atom. The third-order valence-electron chi connectivity index (χ3n) is 3.50. The molecule has 2 N–H and O–H groups in total. The summed E-state index contributed by atoms with van der Waals surface area (Å²) in [4.78, 5) is 0. The number of fused-ring (bicyclic) bond motifs is 1. The summed E-state index contributed by atoms with van der Waals surface area (Å²) >= 11 is 2.37. The molecule has 2 aromatic carbocycles. The van der Waals surface area contributed by atoms with Gasteiger partial charge >= 0.3 is 0 Å². The molecule has 0 bridgehead atoms. The van der Waals surface area contributed by atoms with Crippen molar-refractivity contribution in [1.82, 2.24) is 0 Å². The molecule has 3 heteroatoms. The van der Waals surface area contributed by atoms with Gasteiger partial charge in [0.15, 0.2) is 0 Å². The summed E-state index contributed by atoms with van der Waals surface area (Å²) in [6.45, 7) is 1.96. The fourth-order valence-corrected chi connectivity index (χ4v) is 3.10. The van der Waals surface area contributed by atoms with Crippen molar-refractivity contribution in [3.05, 3.63) is 57.2 Å². The van der Waals surface area contributed by atoms with E-state index in [-0.39, 0.29) is 0 Å². The minimum atomic E-state index is 0.871. The highest BCUT2D eigenvalue weighted by Gasteiger charge is 2.11. The maximum atomic E-state index is 3.54. The predicted molar refractivity (Wildman–Crippen MR) is 89.7 cm³/mol. The number of anilines is 2. The summed E-state index contributed by atoms with van der Waals surface area (Å²) in [5, 5.41) is 7.07. The van der Waals surface area contributed by atoms with Crippen molar-refractivity contribution in [2.75, 3.05) is 17.2 Å². The van der Waals surface area contributed by atoms with E-state index in [0.717, 1.165) is 13.1 Å². The van der Waals surface area contributed by atoms with Gasteiger partial charge in [-0.25, -0.2) is 0 Å². The van der Waals surface area contributed by atoms with E-state index >= 15 is 0 Å². The lowest BCUT2D eigenvalue weighted by molar-refractivity contribution is 0.825. The number of nitrogens with one attached hydrogen (secondary N) is 2. The molecular weight excluding hydrogens is 347 g/mol. The van der Waals surface area contributed by atoms with Crippen molar-refractivity contribution in [2.45, 2.75) is 19.4 Å². The van der Waals surface area contributed by atoms with Gasteiger partial charge in [-0.3, -0.25) is 0 Å². The molecule has 1 aliphatic heterocycles. The quantitative estimate of drug-likeness (QED) is 0.796. The van der Waals surface area contributed by atoms with E-state index in [1.54, 1.807) is 0 Å². The van der Waals surface area contributed by atoms with Crippen LogP contribution in [0.5, 0.6) is 0 Å². The van der Waals surface area contributed by atoms with Crippen LogP contribution in [-0.4, -0.2) is 6.54 Å². The van der Waals surface area contributed by atoms with Crippen molar-refractivity contribution in [1.29, 1.82) is 0 Å². The number of benzene rings is 2. The summed E-state index contributed by atoms with van der Waals surface area (Å²) < 4.78 is 1.26. The minimum absolute atomic E-state index is 0.871. The smallest absolute Gasteiger partial charge is 0.0478 e. The zero-order chi connectivity index (χ0) is 13.1. The van der Waals surface area contributed by atoms with Crippen molar-refractivity contribution < 1.29 is 0 Å². The molecular formula is C16H17IN2. The van der Waals surface area contributed by atoms with Crippen molar-refractivity contribution >= 4 is 34.0 Å². The standard InChI is InChI=1S/C16H17IN2/c17-14-8-1-2-9-15(14)19-11-13-6-3-5-12-7-4-10-18-16(12)13/h1-3,5-6,8-9,18-19H,4,7,10-11H2. The molecule has 0 aromatic heterocycles. The average molecular weight is 364 g/mol. The predicted octanol–water partition coefficient (Wildman–Crippen LogP) is 4.26. The largest absolute Gasteiger partial charge is 0.385 e.